The van der Waals surface area contributed by atoms with Gasteiger partial charge in [-0.05, 0) is 19.4 Å². The minimum atomic E-state index is -2.95. The molecule has 0 bridgehead atoms. The van der Waals surface area contributed by atoms with Crippen molar-refractivity contribution >= 4 is 9.84 Å². The molecular formula is C13H21NO4S. The van der Waals surface area contributed by atoms with Gasteiger partial charge in [-0.15, -0.1) is 0 Å². The maximum atomic E-state index is 11.0. The summed E-state index contributed by atoms with van der Waals surface area (Å²) in [6.07, 6.45) is 1.67. The van der Waals surface area contributed by atoms with Gasteiger partial charge in [0.15, 0.2) is 0 Å². The maximum Gasteiger partial charge on any atom is 0.147 e. The third-order valence-corrected chi connectivity index (χ3v) is 3.66. The van der Waals surface area contributed by atoms with E-state index in [4.69, 9.17) is 15.2 Å². The Morgan fingerprint density at radius 3 is 2.58 bits per heavy atom. The van der Waals surface area contributed by atoms with Crippen LogP contribution >= 0.6 is 0 Å². The summed E-state index contributed by atoms with van der Waals surface area (Å²) < 4.78 is 32.8. The van der Waals surface area contributed by atoms with Crippen molar-refractivity contribution in [2.75, 3.05) is 25.7 Å². The smallest absolute Gasteiger partial charge is 0.147 e. The molecule has 1 aromatic rings. The number of methoxy groups -OCH3 is 1. The average molecular weight is 287 g/mol. The number of rotatable bonds is 7. The van der Waals surface area contributed by atoms with E-state index < -0.39 is 9.84 Å². The topological polar surface area (TPSA) is 78.6 Å². The SMILES string of the molecule is COc1ccc(C(C)N)c(OCCCS(C)(=O)=O)c1. The molecule has 0 saturated carbocycles. The highest BCUT2D eigenvalue weighted by atomic mass is 32.2. The van der Waals surface area contributed by atoms with Gasteiger partial charge >= 0.3 is 0 Å². The van der Waals surface area contributed by atoms with Gasteiger partial charge in [-0.25, -0.2) is 8.42 Å². The minimum absolute atomic E-state index is 0.116. The van der Waals surface area contributed by atoms with E-state index in [2.05, 4.69) is 0 Å². The van der Waals surface area contributed by atoms with Gasteiger partial charge in [0.1, 0.15) is 21.3 Å². The molecule has 0 spiro atoms. The molecule has 1 unspecified atom stereocenters. The van der Waals surface area contributed by atoms with Gasteiger partial charge in [0, 0.05) is 23.9 Å². The Morgan fingerprint density at radius 2 is 2.05 bits per heavy atom. The predicted molar refractivity (Wildman–Crippen MR) is 75.4 cm³/mol. The molecule has 2 N–H and O–H groups in total. The first-order valence-corrected chi connectivity index (χ1v) is 8.13. The number of nitrogens with two attached hydrogens (primary N) is 1. The fourth-order valence-electron chi connectivity index (χ4n) is 1.65. The Morgan fingerprint density at radius 1 is 1.37 bits per heavy atom. The molecule has 19 heavy (non-hydrogen) atoms. The Kier molecular flexibility index (Phi) is 5.62. The second-order valence-corrected chi connectivity index (χ2v) is 6.78. The third-order valence-electron chi connectivity index (χ3n) is 2.63. The summed E-state index contributed by atoms with van der Waals surface area (Å²) in [6, 6.07) is 5.28. The Labute approximate surface area is 114 Å². The summed E-state index contributed by atoms with van der Waals surface area (Å²) in [5.74, 6) is 1.44. The van der Waals surface area contributed by atoms with Crippen LogP contribution in [0.2, 0.25) is 0 Å². The van der Waals surface area contributed by atoms with E-state index in [-0.39, 0.29) is 11.8 Å². The van der Waals surface area contributed by atoms with Crippen LogP contribution in [0.3, 0.4) is 0 Å². The standard InChI is InChI=1S/C13H21NO4S/c1-10(14)12-6-5-11(17-2)9-13(12)18-7-4-8-19(3,15)16/h5-6,9-10H,4,7-8,14H2,1-3H3. The summed E-state index contributed by atoms with van der Waals surface area (Å²) in [6.45, 7) is 2.20. The molecule has 1 atom stereocenters. The highest BCUT2D eigenvalue weighted by Gasteiger charge is 2.10. The van der Waals surface area contributed by atoms with Crippen molar-refractivity contribution < 1.29 is 17.9 Å². The van der Waals surface area contributed by atoms with Crippen LogP contribution in [0.5, 0.6) is 11.5 Å². The molecule has 1 rings (SSSR count). The average Bonchev–Trinajstić information content (AvgIpc) is 2.33. The van der Waals surface area contributed by atoms with Crippen molar-refractivity contribution in [1.29, 1.82) is 0 Å². The molecule has 108 valence electrons. The Bertz CT molecular complexity index is 511. The summed E-state index contributed by atoms with van der Waals surface area (Å²) in [7, 11) is -1.37. The van der Waals surface area contributed by atoms with E-state index in [1.807, 2.05) is 19.1 Å². The first-order chi connectivity index (χ1) is 8.83. The fourth-order valence-corrected chi connectivity index (χ4v) is 2.29. The van der Waals surface area contributed by atoms with E-state index in [0.717, 1.165) is 5.56 Å². The first kappa shape index (κ1) is 15.8. The van der Waals surface area contributed by atoms with Crippen molar-refractivity contribution in [2.45, 2.75) is 19.4 Å². The Balaban J connectivity index is 2.70. The van der Waals surface area contributed by atoms with E-state index in [1.165, 1.54) is 6.26 Å². The largest absolute Gasteiger partial charge is 0.497 e. The maximum absolute atomic E-state index is 11.0. The third kappa shape index (κ3) is 5.48. The van der Waals surface area contributed by atoms with Gasteiger partial charge < -0.3 is 15.2 Å². The van der Waals surface area contributed by atoms with Gasteiger partial charge in [0.05, 0.1) is 19.5 Å². The monoisotopic (exact) mass is 287 g/mol. The van der Waals surface area contributed by atoms with Gasteiger partial charge in [-0.3, -0.25) is 0 Å². The van der Waals surface area contributed by atoms with Crippen molar-refractivity contribution in [3.05, 3.63) is 23.8 Å². The second-order valence-electron chi connectivity index (χ2n) is 4.52. The van der Waals surface area contributed by atoms with E-state index in [1.54, 1.807) is 13.2 Å². The molecular weight excluding hydrogens is 266 g/mol. The summed E-state index contributed by atoms with van der Waals surface area (Å²) in [5, 5.41) is 0. The van der Waals surface area contributed by atoms with Crippen LogP contribution in [0.15, 0.2) is 18.2 Å². The summed E-state index contributed by atoms with van der Waals surface area (Å²) >= 11 is 0. The van der Waals surface area contributed by atoms with E-state index in [0.29, 0.717) is 24.5 Å². The van der Waals surface area contributed by atoms with Crippen LogP contribution in [0.4, 0.5) is 0 Å². The van der Waals surface area contributed by atoms with Crippen LogP contribution in [-0.4, -0.2) is 34.1 Å². The number of hydrogen-bond acceptors (Lipinski definition) is 5. The van der Waals surface area contributed by atoms with Crippen LogP contribution < -0.4 is 15.2 Å². The number of ether oxygens (including phenoxy) is 2. The van der Waals surface area contributed by atoms with Crippen LogP contribution in [0, 0.1) is 0 Å². The molecule has 0 aromatic heterocycles. The summed E-state index contributed by atoms with van der Waals surface area (Å²) in [5.41, 5.74) is 6.74. The highest BCUT2D eigenvalue weighted by Crippen LogP contribution is 2.28. The molecule has 6 heteroatoms. The first-order valence-electron chi connectivity index (χ1n) is 6.07. The zero-order chi connectivity index (χ0) is 14.5. The zero-order valence-electron chi connectivity index (χ0n) is 11.5. The lowest BCUT2D eigenvalue weighted by molar-refractivity contribution is 0.310. The minimum Gasteiger partial charge on any atom is -0.497 e. The van der Waals surface area contributed by atoms with Gasteiger partial charge in [-0.1, -0.05) is 6.07 Å². The molecule has 0 saturated heterocycles. The molecule has 0 aliphatic carbocycles. The fraction of sp³-hybridized carbons (Fsp3) is 0.538. The van der Waals surface area contributed by atoms with Crippen LogP contribution in [0.25, 0.3) is 0 Å². The molecule has 1 aromatic carbocycles. The lowest BCUT2D eigenvalue weighted by Crippen LogP contribution is -2.11. The molecule has 0 radical (unpaired) electrons. The van der Waals surface area contributed by atoms with Gasteiger partial charge in [0.25, 0.3) is 0 Å². The van der Waals surface area contributed by atoms with Crippen LogP contribution in [-0.2, 0) is 9.84 Å². The van der Waals surface area contributed by atoms with E-state index >= 15 is 0 Å². The molecule has 5 nitrogen and oxygen atoms in total. The van der Waals surface area contributed by atoms with Crippen LogP contribution in [0.1, 0.15) is 24.9 Å². The quantitative estimate of drug-likeness (QED) is 0.769. The van der Waals surface area contributed by atoms with Gasteiger partial charge in [-0.2, -0.15) is 0 Å². The molecule has 0 heterocycles. The van der Waals surface area contributed by atoms with Crippen molar-refractivity contribution in [3.8, 4) is 11.5 Å². The number of benzene rings is 1. The highest BCUT2D eigenvalue weighted by molar-refractivity contribution is 7.90. The number of hydrogen-bond donors (Lipinski definition) is 1. The second kappa shape index (κ2) is 6.77. The van der Waals surface area contributed by atoms with E-state index in [9.17, 15) is 8.42 Å². The van der Waals surface area contributed by atoms with Gasteiger partial charge in [0.2, 0.25) is 0 Å². The molecule has 0 fully saturated rings. The lowest BCUT2D eigenvalue weighted by atomic mass is 10.1. The molecule has 0 aliphatic heterocycles. The number of sulfone groups is 1. The van der Waals surface area contributed by atoms with Crippen molar-refractivity contribution in [2.24, 2.45) is 5.73 Å². The predicted octanol–water partition coefficient (Wildman–Crippen LogP) is 1.53. The molecule has 0 aliphatic rings. The summed E-state index contributed by atoms with van der Waals surface area (Å²) in [4.78, 5) is 0. The lowest BCUT2D eigenvalue weighted by Gasteiger charge is -2.15. The Hall–Kier alpha value is -1.27. The zero-order valence-corrected chi connectivity index (χ0v) is 12.4. The van der Waals surface area contributed by atoms with Crippen molar-refractivity contribution in [3.63, 3.8) is 0 Å². The van der Waals surface area contributed by atoms with Crippen molar-refractivity contribution in [1.82, 2.24) is 0 Å². The molecule has 0 amide bonds. The normalized spacial score (nSPS) is 13.1.